The van der Waals surface area contributed by atoms with Crippen LogP contribution in [0.15, 0.2) is 83.7 Å². The van der Waals surface area contributed by atoms with Gasteiger partial charge in [-0.1, -0.05) is 36.4 Å². The number of hydrogen-bond acceptors (Lipinski definition) is 5. The summed E-state index contributed by atoms with van der Waals surface area (Å²) in [5, 5.41) is 10.6. The van der Waals surface area contributed by atoms with Gasteiger partial charge in [0.15, 0.2) is 5.58 Å². The van der Waals surface area contributed by atoms with Crippen molar-refractivity contribution in [3.63, 3.8) is 0 Å². The van der Waals surface area contributed by atoms with E-state index in [1.165, 1.54) is 12.5 Å². The Kier molecular flexibility index (Phi) is 4.07. The fourth-order valence-corrected chi connectivity index (χ4v) is 3.38. The number of carbonyl (C=O) groups is 1. The summed E-state index contributed by atoms with van der Waals surface area (Å²) in [6.07, 6.45) is 2.90. The molecule has 0 radical (unpaired) electrons. The minimum atomic E-state index is -0.628. The smallest absolute Gasteiger partial charge is 0.268 e. The van der Waals surface area contributed by atoms with Crippen LogP contribution in [0.3, 0.4) is 0 Å². The lowest BCUT2D eigenvalue weighted by molar-refractivity contribution is 0.0996. The van der Waals surface area contributed by atoms with E-state index >= 15 is 0 Å². The molecule has 0 bridgehead atoms. The van der Waals surface area contributed by atoms with Crippen LogP contribution in [0.5, 0.6) is 5.75 Å². The van der Waals surface area contributed by atoms with Crippen molar-refractivity contribution in [2.24, 2.45) is 5.73 Å². The van der Waals surface area contributed by atoms with Gasteiger partial charge in [0.2, 0.25) is 5.89 Å². The number of rotatable bonds is 4. The van der Waals surface area contributed by atoms with Crippen molar-refractivity contribution in [2.75, 3.05) is 0 Å². The van der Waals surface area contributed by atoms with Crippen LogP contribution in [0, 0.1) is 0 Å². The van der Waals surface area contributed by atoms with Gasteiger partial charge in [0.1, 0.15) is 23.3 Å². The third kappa shape index (κ3) is 2.98. The minimum Gasteiger partial charge on any atom is -0.506 e. The Labute approximate surface area is 171 Å². The highest BCUT2D eigenvalue weighted by atomic mass is 16.3. The number of oxazole rings is 1. The third-order valence-electron chi connectivity index (χ3n) is 4.84. The summed E-state index contributed by atoms with van der Waals surface area (Å²) in [5.41, 5.74) is 9.74. The first-order valence-electron chi connectivity index (χ1n) is 9.23. The van der Waals surface area contributed by atoms with E-state index in [9.17, 15) is 9.90 Å². The fourth-order valence-electron chi connectivity index (χ4n) is 3.38. The average Bonchev–Trinajstić information content (AvgIpc) is 3.41. The Hall–Kier alpha value is -4.39. The van der Waals surface area contributed by atoms with E-state index in [1.807, 2.05) is 54.6 Å². The monoisotopic (exact) mass is 396 g/mol. The highest BCUT2D eigenvalue weighted by Crippen LogP contribution is 2.34. The van der Waals surface area contributed by atoms with Gasteiger partial charge in [0, 0.05) is 17.3 Å². The van der Waals surface area contributed by atoms with Crippen LogP contribution < -0.4 is 5.73 Å². The number of primary amides is 1. The second-order valence-electron chi connectivity index (χ2n) is 6.77. The minimum absolute atomic E-state index is 0.0321. The largest absolute Gasteiger partial charge is 0.506 e. The van der Waals surface area contributed by atoms with Gasteiger partial charge in [0.25, 0.3) is 5.91 Å². The molecule has 7 heteroatoms. The van der Waals surface area contributed by atoms with Crippen molar-refractivity contribution in [3.05, 3.63) is 84.9 Å². The molecule has 30 heavy (non-hydrogen) atoms. The van der Waals surface area contributed by atoms with Crippen LogP contribution in [0.4, 0.5) is 0 Å². The molecule has 0 unspecified atom stereocenters. The summed E-state index contributed by atoms with van der Waals surface area (Å²) >= 11 is 0. The topological polar surface area (TPSA) is 107 Å². The number of aromatic hydroxyl groups is 1. The maximum atomic E-state index is 11.3. The van der Waals surface area contributed by atoms with Gasteiger partial charge >= 0.3 is 0 Å². The lowest BCUT2D eigenvalue weighted by Gasteiger charge is -2.08. The first-order valence-corrected chi connectivity index (χ1v) is 9.23. The third-order valence-corrected chi connectivity index (χ3v) is 4.84. The van der Waals surface area contributed by atoms with Gasteiger partial charge in [-0.2, -0.15) is 0 Å². The lowest BCUT2D eigenvalue weighted by atomic mass is 10.0. The molecule has 2 aromatic heterocycles. The number of phenols is 1. The molecule has 146 valence electrons. The Morgan fingerprint density at radius 3 is 2.57 bits per heavy atom. The maximum Gasteiger partial charge on any atom is 0.268 e. The van der Waals surface area contributed by atoms with Crippen molar-refractivity contribution >= 4 is 17.0 Å². The maximum absolute atomic E-state index is 11.3. The zero-order valence-corrected chi connectivity index (χ0v) is 15.7. The number of hydrogen-bond donors (Lipinski definition) is 2. The van der Waals surface area contributed by atoms with Crippen LogP contribution in [-0.4, -0.2) is 25.5 Å². The Morgan fingerprint density at radius 1 is 1.00 bits per heavy atom. The summed E-state index contributed by atoms with van der Waals surface area (Å²) in [6, 6.07) is 20.6. The van der Waals surface area contributed by atoms with E-state index < -0.39 is 5.91 Å². The van der Waals surface area contributed by atoms with Crippen molar-refractivity contribution in [3.8, 4) is 34.0 Å². The molecule has 7 nitrogen and oxygen atoms in total. The number of carbonyl (C=O) groups excluding carboxylic acids is 1. The Morgan fingerprint density at radius 2 is 1.83 bits per heavy atom. The standard InChI is InChI=1S/C23H16N4O3/c24-22(29)17-12-27(13-25-17)18-10-9-15(11-19(18)28)16-7-4-8-20-21(16)26-23(30-20)14-5-2-1-3-6-14/h1-13,28H,(H2,24,29). The molecule has 0 aliphatic rings. The van der Waals surface area contributed by atoms with Crippen LogP contribution in [0.2, 0.25) is 0 Å². The van der Waals surface area contributed by atoms with E-state index in [4.69, 9.17) is 10.2 Å². The van der Waals surface area contributed by atoms with Gasteiger partial charge in [-0.15, -0.1) is 0 Å². The van der Waals surface area contributed by atoms with E-state index in [0.29, 0.717) is 22.7 Å². The van der Waals surface area contributed by atoms with Crippen molar-refractivity contribution in [1.82, 2.24) is 14.5 Å². The quantitative estimate of drug-likeness (QED) is 0.474. The number of amides is 1. The first-order chi connectivity index (χ1) is 14.6. The number of benzene rings is 3. The zero-order valence-electron chi connectivity index (χ0n) is 15.7. The number of aromatic nitrogens is 3. The number of para-hydroxylation sites is 1. The fraction of sp³-hybridized carbons (Fsp3) is 0. The molecule has 0 atom stereocenters. The van der Waals surface area contributed by atoms with Crippen molar-refractivity contribution < 1.29 is 14.3 Å². The van der Waals surface area contributed by atoms with Crippen molar-refractivity contribution in [1.29, 1.82) is 0 Å². The summed E-state index contributed by atoms with van der Waals surface area (Å²) < 4.78 is 7.48. The van der Waals surface area contributed by atoms with E-state index in [-0.39, 0.29) is 11.4 Å². The molecule has 0 saturated carbocycles. The molecule has 0 saturated heterocycles. The molecule has 0 fully saturated rings. The van der Waals surface area contributed by atoms with Crippen LogP contribution in [0.25, 0.3) is 39.4 Å². The number of nitrogens with two attached hydrogens (primary N) is 1. The molecule has 1 amide bonds. The van der Waals surface area contributed by atoms with Gasteiger partial charge in [-0.25, -0.2) is 9.97 Å². The van der Waals surface area contributed by atoms with Crippen LogP contribution in [-0.2, 0) is 0 Å². The Bertz CT molecular complexity index is 1390. The molecule has 2 heterocycles. The second kappa shape index (κ2) is 6.89. The molecule has 0 aliphatic carbocycles. The highest BCUT2D eigenvalue weighted by Gasteiger charge is 2.15. The predicted octanol–water partition coefficient (Wildman–Crippen LogP) is 4.15. The normalized spacial score (nSPS) is 11.1. The van der Waals surface area contributed by atoms with E-state index in [2.05, 4.69) is 9.97 Å². The molecule has 3 N–H and O–H groups in total. The molecular formula is C23H16N4O3. The summed E-state index contributed by atoms with van der Waals surface area (Å²) in [5.74, 6) is -0.0576. The van der Waals surface area contributed by atoms with E-state index in [0.717, 1.165) is 16.7 Å². The molecule has 0 spiro atoms. The van der Waals surface area contributed by atoms with Gasteiger partial charge in [-0.05, 0) is 35.9 Å². The summed E-state index contributed by atoms with van der Waals surface area (Å²) in [4.78, 5) is 19.9. The molecule has 5 aromatic rings. The van der Waals surface area contributed by atoms with Gasteiger partial charge in [-0.3, -0.25) is 4.79 Å². The lowest BCUT2D eigenvalue weighted by Crippen LogP contribution is -2.11. The summed E-state index contributed by atoms with van der Waals surface area (Å²) in [6.45, 7) is 0. The second-order valence-corrected chi connectivity index (χ2v) is 6.77. The first kappa shape index (κ1) is 17.7. The highest BCUT2D eigenvalue weighted by molar-refractivity contribution is 5.93. The average molecular weight is 396 g/mol. The molecule has 0 aliphatic heterocycles. The van der Waals surface area contributed by atoms with Gasteiger partial charge in [0.05, 0.1) is 5.69 Å². The van der Waals surface area contributed by atoms with Crippen LogP contribution in [0.1, 0.15) is 10.5 Å². The number of phenolic OH excluding ortho intramolecular Hbond substituents is 1. The molecular weight excluding hydrogens is 380 g/mol. The number of fused-ring (bicyclic) bond motifs is 1. The summed E-state index contributed by atoms with van der Waals surface area (Å²) in [7, 11) is 0. The van der Waals surface area contributed by atoms with Crippen molar-refractivity contribution in [2.45, 2.75) is 0 Å². The molecule has 5 rings (SSSR count). The Balaban J connectivity index is 1.57. The predicted molar refractivity (Wildman–Crippen MR) is 112 cm³/mol. The molecule has 3 aromatic carbocycles. The number of imidazole rings is 1. The zero-order chi connectivity index (χ0) is 20.7. The number of nitrogens with zero attached hydrogens (tertiary/aromatic N) is 3. The van der Waals surface area contributed by atoms with Crippen LogP contribution >= 0.6 is 0 Å². The SMILES string of the molecule is NC(=O)c1cn(-c2ccc(-c3cccc4oc(-c5ccccc5)nc34)cc2O)cn1. The van der Waals surface area contributed by atoms with Gasteiger partial charge < -0.3 is 19.8 Å². The van der Waals surface area contributed by atoms with E-state index in [1.54, 1.807) is 16.7 Å².